The highest BCUT2D eigenvalue weighted by molar-refractivity contribution is 4.94. The summed E-state index contributed by atoms with van der Waals surface area (Å²) >= 11 is 0. The lowest BCUT2D eigenvalue weighted by atomic mass is 10.2. The molecule has 0 aromatic rings. The molecule has 1 rings (SSSR count). The topological polar surface area (TPSA) is 52.0 Å². The van der Waals surface area contributed by atoms with Gasteiger partial charge in [0.25, 0.3) is 5.92 Å². The van der Waals surface area contributed by atoms with Gasteiger partial charge in [-0.25, -0.2) is 8.78 Å². The van der Waals surface area contributed by atoms with E-state index in [4.69, 9.17) is 5.53 Å². The molecule has 0 saturated carbocycles. The number of likely N-dealkylation sites (tertiary alicyclic amines) is 1. The zero-order chi connectivity index (χ0) is 8.48. The monoisotopic (exact) mass is 162 g/mol. The molecule has 0 aromatic heterocycles. The summed E-state index contributed by atoms with van der Waals surface area (Å²) in [6, 6.07) is -1.20. The molecule has 1 saturated heterocycles. The van der Waals surface area contributed by atoms with Gasteiger partial charge in [0.05, 0.1) is 6.54 Å². The summed E-state index contributed by atoms with van der Waals surface area (Å²) in [7, 11) is 1.57. The number of rotatable bonds is 1. The SMILES string of the molecule is CN1CC(N=[N+]=[N-])C(F)(F)C1. The van der Waals surface area contributed by atoms with Crippen molar-refractivity contribution >= 4 is 0 Å². The number of nitrogens with zero attached hydrogens (tertiary/aromatic N) is 4. The van der Waals surface area contributed by atoms with Crippen LogP contribution in [-0.2, 0) is 0 Å². The molecule has 1 aliphatic heterocycles. The average molecular weight is 162 g/mol. The molecular weight excluding hydrogens is 154 g/mol. The molecule has 0 bridgehead atoms. The molecule has 11 heavy (non-hydrogen) atoms. The molecular formula is C5H8F2N4. The summed E-state index contributed by atoms with van der Waals surface area (Å²) < 4.78 is 25.5. The molecule has 1 atom stereocenters. The third-order valence-corrected chi connectivity index (χ3v) is 1.64. The standard InChI is InChI=1S/C5H8F2N4/c1-11-2-4(9-10-8)5(6,7)3-11/h4H,2-3H2,1H3. The summed E-state index contributed by atoms with van der Waals surface area (Å²) in [5, 5.41) is 3.02. The predicted molar refractivity (Wildman–Crippen MR) is 35.4 cm³/mol. The van der Waals surface area contributed by atoms with Gasteiger partial charge in [0, 0.05) is 11.5 Å². The smallest absolute Gasteiger partial charge is 0.270 e. The molecule has 0 amide bonds. The molecule has 0 aromatic carbocycles. The molecule has 1 aliphatic rings. The van der Waals surface area contributed by atoms with Gasteiger partial charge < -0.3 is 0 Å². The maximum absolute atomic E-state index is 12.7. The van der Waals surface area contributed by atoms with Crippen molar-refractivity contribution in [2.45, 2.75) is 12.0 Å². The molecule has 6 heteroatoms. The Morgan fingerprint density at radius 3 is 2.73 bits per heavy atom. The normalized spacial score (nSPS) is 29.9. The van der Waals surface area contributed by atoms with Crippen molar-refractivity contribution in [2.24, 2.45) is 5.11 Å². The van der Waals surface area contributed by atoms with Gasteiger partial charge in [-0.05, 0) is 12.6 Å². The quantitative estimate of drug-likeness (QED) is 0.325. The third kappa shape index (κ3) is 1.58. The van der Waals surface area contributed by atoms with Gasteiger partial charge in [0.2, 0.25) is 0 Å². The van der Waals surface area contributed by atoms with Gasteiger partial charge in [-0.3, -0.25) is 4.90 Å². The predicted octanol–water partition coefficient (Wildman–Crippen LogP) is 1.25. The van der Waals surface area contributed by atoms with Crippen molar-refractivity contribution in [3.63, 3.8) is 0 Å². The van der Waals surface area contributed by atoms with Gasteiger partial charge in [0.15, 0.2) is 0 Å². The van der Waals surface area contributed by atoms with Gasteiger partial charge in [-0.1, -0.05) is 5.11 Å². The van der Waals surface area contributed by atoms with Crippen LogP contribution in [0.2, 0.25) is 0 Å². The summed E-state index contributed by atoms with van der Waals surface area (Å²) in [6.45, 7) is -0.187. The van der Waals surface area contributed by atoms with Gasteiger partial charge in [-0.2, -0.15) is 0 Å². The molecule has 1 heterocycles. The Labute approximate surface area is 62.4 Å². The van der Waals surface area contributed by atoms with Gasteiger partial charge >= 0.3 is 0 Å². The van der Waals surface area contributed by atoms with Crippen LogP contribution in [0.3, 0.4) is 0 Å². The fourth-order valence-electron chi connectivity index (χ4n) is 1.14. The fourth-order valence-corrected chi connectivity index (χ4v) is 1.14. The molecule has 0 spiro atoms. The van der Waals surface area contributed by atoms with Crippen LogP contribution in [0.4, 0.5) is 8.78 Å². The maximum atomic E-state index is 12.7. The van der Waals surface area contributed by atoms with Crippen molar-refractivity contribution in [2.75, 3.05) is 20.1 Å². The van der Waals surface area contributed by atoms with Crippen LogP contribution in [0, 0.1) is 0 Å². The van der Waals surface area contributed by atoms with E-state index in [0.717, 1.165) is 0 Å². The highest BCUT2D eigenvalue weighted by Crippen LogP contribution is 2.28. The molecule has 4 nitrogen and oxygen atoms in total. The number of likely N-dealkylation sites (N-methyl/N-ethyl adjacent to an activating group) is 1. The largest absolute Gasteiger partial charge is 0.300 e. The zero-order valence-electron chi connectivity index (χ0n) is 6.04. The second-order valence-corrected chi connectivity index (χ2v) is 2.68. The first-order valence-corrected chi connectivity index (χ1v) is 3.17. The van der Waals surface area contributed by atoms with Crippen molar-refractivity contribution in [1.29, 1.82) is 0 Å². The lowest BCUT2D eigenvalue weighted by Gasteiger charge is -2.11. The van der Waals surface area contributed by atoms with E-state index >= 15 is 0 Å². The highest BCUT2D eigenvalue weighted by Gasteiger charge is 2.46. The van der Waals surface area contributed by atoms with E-state index in [2.05, 4.69) is 10.0 Å². The first-order valence-electron chi connectivity index (χ1n) is 3.17. The lowest BCUT2D eigenvalue weighted by molar-refractivity contribution is 0.00113. The van der Waals surface area contributed by atoms with Crippen LogP contribution < -0.4 is 0 Å². The Bertz CT molecular complexity index is 199. The van der Waals surface area contributed by atoms with E-state index in [1.165, 1.54) is 4.90 Å². The third-order valence-electron chi connectivity index (χ3n) is 1.64. The Hall–Kier alpha value is -0.870. The second-order valence-electron chi connectivity index (χ2n) is 2.68. The van der Waals surface area contributed by atoms with E-state index in [9.17, 15) is 8.78 Å². The first-order chi connectivity index (χ1) is 5.06. The number of hydrogen-bond donors (Lipinski definition) is 0. The van der Waals surface area contributed by atoms with Crippen LogP contribution in [0.15, 0.2) is 5.11 Å². The Balaban J connectivity index is 2.73. The highest BCUT2D eigenvalue weighted by atomic mass is 19.3. The number of halogens is 2. The number of hydrogen-bond acceptors (Lipinski definition) is 2. The molecule has 0 radical (unpaired) electrons. The van der Waals surface area contributed by atoms with Crippen molar-refractivity contribution < 1.29 is 8.78 Å². The van der Waals surface area contributed by atoms with Crippen molar-refractivity contribution in [1.82, 2.24) is 4.90 Å². The van der Waals surface area contributed by atoms with Crippen LogP contribution >= 0.6 is 0 Å². The summed E-state index contributed by atoms with van der Waals surface area (Å²) in [6.07, 6.45) is 0. The summed E-state index contributed by atoms with van der Waals surface area (Å²) in [5.74, 6) is -2.86. The van der Waals surface area contributed by atoms with Gasteiger partial charge in [0.1, 0.15) is 6.04 Å². The van der Waals surface area contributed by atoms with Crippen LogP contribution in [0.5, 0.6) is 0 Å². The Morgan fingerprint density at radius 1 is 1.73 bits per heavy atom. The minimum Gasteiger partial charge on any atom is -0.300 e. The van der Waals surface area contributed by atoms with Crippen molar-refractivity contribution in [3.8, 4) is 0 Å². The number of alkyl halides is 2. The fraction of sp³-hybridized carbons (Fsp3) is 1.00. The first kappa shape index (κ1) is 8.23. The molecule has 0 aliphatic carbocycles. The Morgan fingerprint density at radius 2 is 2.36 bits per heavy atom. The Kier molecular flexibility index (Phi) is 1.97. The maximum Gasteiger partial charge on any atom is 0.270 e. The van der Waals surface area contributed by atoms with E-state index < -0.39 is 12.0 Å². The molecule has 1 fully saturated rings. The van der Waals surface area contributed by atoms with Crippen LogP contribution in [0.1, 0.15) is 0 Å². The zero-order valence-corrected chi connectivity index (χ0v) is 6.04. The van der Waals surface area contributed by atoms with E-state index in [0.29, 0.717) is 0 Å². The van der Waals surface area contributed by atoms with Crippen LogP contribution in [0.25, 0.3) is 10.4 Å². The van der Waals surface area contributed by atoms with Gasteiger partial charge in [-0.15, -0.1) is 0 Å². The van der Waals surface area contributed by atoms with Crippen molar-refractivity contribution in [3.05, 3.63) is 10.4 Å². The van der Waals surface area contributed by atoms with Crippen LogP contribution in [-0.4, -0.2) is 37.0 Å². The minimum atomic E-state index is -2.86. The molecule has 0 N–H and O–H groups in total. The van der Waals surface area contributed by atoms with E-state index in [1.807, 2.05) is 0 Å². The van der Waals surface area contributed by atoms with E-state index in [-0.39, 0.29) is 13.1 Å². The second kappa shape index (κ2) is 2.64. The average Bonchev–Trinajstić information content (AvgIpc) is 2.07. The number of azide groups is 1. The lowest BCUT2D eigenvalue weighted by Crippen LogP contribution is -2.29. The molecule has 62 valence electrons. The molecule has 1 unspecified atom stereocenters. The summed E-state index contributed by atoms with van der Waals surface area (Å²) in [4.78, 5) is 3.81. The minimum absolute atomic E-state index is 0.136. The van der Waals surface area contributed by atoms with E-state index in [1.54, 1.807) is 7.05 Å². The summed E-state index contributed by atoms with van der Waals surface area (Å²) in [5.41, 5.74) is 7.95.